The van der Waals surface area contributed by atoms with E-state index < -0.39 is 0 Å². The summed E-state index contributed by atoms with van der Waals surface area (Å²) >= 11 is 3.24. The largest absolute Gasteiger partial charge is 0.355 e. The van der Waals surface area contributed by atoms with Crippen molar-refractivity contribution in [3.8, 4) is 0 Å². The molecule has 1 N–H and O–H groups in total. The SMILES string of the molecule is O=C(CSc1nnc(Cc2cccs2)n1C1CC1)NCCCc1ccccc1. The van der Waals surface area contributed by atoms with Crippen LogP contribution in [-0.2, 0) is 17.6 Å². The number of amides is 1. The molecule has 1 amide bonds. The third-order valence-electron chi connectivity index (χ3n) is 4.70. The first-order chi connectivity index (χ1) is 13.8. The van der Waals surface area contributed by atoms with Crippen molar-refractivity contribution >= 4 is 29.0 Å². The van der Waals surface area contributed by atoms with Crippen LogP contribution in [0.5, 0.6) is 0 Å². The Hall–Kier alpha value is -2.12. The fourth-order valence-electron chi connectivity index (χ4n) is 3.14. The molecule has 1 aliphatic carbocycles. The van der Waals surface area contributed by atoms with E-state index in [-0.39, 0.29) is 5.91 Å². The maximum absolute atomic E-state index is 12.2. The molecule has 0 bridgehead atoms. The molecule has 1 saturated carbocycles. The van der Waals surface area contributed by atoms with Crippen molar-refractivity contribution in [2.75, 3.05) is 12.3 Å². The lowest BCUT2D eigenvalue weighted by molar-refractivity contribution is -0.118. The quantitative estimate of drug-likeness (QED) is 0.402. The zero-order valence-electron chi connectivity index (χ0n) is 15.7. The summed E-state index contributed by atoms with van der Waals surface area (Å²) in [6.07, 6.45) is 5.09. The number of thiophene rings is 1. The first-order valence-electron chi connectivity index (χ1n) is 9.69. The number of rotatable bonds is 10. The molecule has 1 aromatic carbocycles. The second-order valence-electron chi connectivity index (χ2n) is 6.98. The van der Waals surface area contributed by atoms with E-state index >= 15 is 0 Å². The molecule has 2 aromatic heterocycles. The summed E-state index contributed by atoms with van der Waals surface area (Å²) in [5.41, 5.74) is 1.31. The molecule has 1 aliphatic rings. The minimum Gasteiger partial charge on any atom is -0.355 e. The number of carbonyl (C=O) groups excluding carboxylic acids is 1. The maximum atomic E-state index is 12.2. The fraction of sp³-hybridized carbons (Fsp3) is 0.381. The number of benzene rings is 1. The van der Waals surface area contributed by atoms with Gasteiger partial charge in [-0.05, 0) is 42.7 Å². The minimum atomic E-state index is 0.0585. The lowest BCUT2D eigenvalue weighted by Crippen LogP contribution is -2.26. The molecule has 1 fully saturated rings. The molecular formula is C21H24N4OS2. The minimum absolute atomic E-state index is 0.0585. The van der Waals surface area contributed by atoms with Gasteiger partial charge in [0.1, 0.15) is 5.82 Å². The summed E-state index contributed by atoms with van der Waals surface area (Å²) < 4.78 is 2.24. The maximum Gasteiger partial charge on any atom is 0.230 e. The topological polar surface area (TPSA) is 59.8 Å². The van der Waals surface area contributed by atoms with Crippen LogP contribution >= 0.6 is 23.1 Å². The number of nitrogens with one attached hydrogen (secondary N) is 1. The lowest BCUT2D eigenvalue weighted by Gasteiger charge is -2.08. The molecule has 0 radical (unpaired) electrons. The van der Waals surface area contributed by atoms with Gasteiger partial charge in [-0.15, -0.1) is 21.5 Å². The molecule has 4 rings (SSSR count). The Labute approximate surface area is 173 Å². The van der Waals surface area contributed by atoms with Crippen molar-refractivity contribution in [2.24, 2.45) is 0 Å². The van der Waals surface area contributed by atoms with Gasteiger partial charge in [0, 0.05) is 23.9 Å². The number of aryl methyl sites for hydroxylation is 1. The number of hydrogen-bond acceptors (Lipinski definition) is 5. The summed E-state index contributed by atoms with van der Waals surface area (Å²) in [7, 11) is 0. The van der Waals surface area contributed by atoms with E-state index in [2.05, 4.69) is 49.7 Å². The molecule has 28 heavy (non-hydrogen) atoms. The van der Waals surface area contributed by atoms with Crippen molar-refractivity contribution in [1.29, 1.82) is 0 Å². The number of nitrogens with zero attached hydrogens (tertiary/aromatic N) is 3. The second-order valence-corrected chi connectivity index (χ2v) is 8.96. The van der Waals surface area contributed by atoms with E-state index in [0.29, 0.717) is 18.3 Å². The highest BCUT2D eigenvalue weighted by molar-refractivity contribution is 7.99. The molecule has 0 saturated heterocycles. The zero-order valence-corrected chi connectivity index (χ0v) is 17.3. The molecule has 0 atom stereocenters. The molecule has 7 heteroatoms. The summed E-state index contributed by atoms with van der Waals surface area (Å²) in [6, 6.07) is 15.1. The molecule has 3 aromatic rings. The van der Waals surface area contributed by atoms with Gasteiger partial charge in [-0.25, -0.2) is 0 Å². The Bertz CT molecular complexity index is 889. The van der Waals surface area contributed by atoms with Crippen LogP contribution < -0.4 is 5.32 Å². The van der Waals surface area contributed by atoms with E-state index in [1.807, 2.05) is 18.2 Å². The normalized spacial score (nSPS) is 13.6. The molecule has 0 aliphatic heterocycles. The van der Waals surface area contributed by atoms with Crippen LogP contribution in [0.3, 0.4) is 0 Å². The van der Waals surface area contributed by atoms with Gasteiger partial charge in [0.15, 0.2) is 5.16 Å². The molecule has 0 spiro atoms. The third-order valence-corrected chi connectivity index (χ3v) is 6.52. The Morgan fingerprint density at radius 2 is 2.04 bits per heavy atom. The highest BCUT2D eigenvalue weighted by Crippen LogP contribution is 2.39. The van der Waals surface area contributed by atoms with E-state index in [1.54, 1.807) is 11.3 Å². The fourth-order valence-corrected chi connectivity index (χ4v) is 4.70. The number of hydrogen-bond donors (Lipinski definition) is 1. The standard InChI is InChI=1S/C21H24N4OS2/c26-20(22-12-4-8-16-6-2-1-3-7-16)15-28-21-24-23-19(25(21)17-10-11-17)14-18-9-5-13-27-18/h1-3,5-7,9,13,17H,4,8,10-12,14-15H2,(H,22,26). The Balaban J connectivity index is 1.25. The summed E-state index contributed by atoms with van der Waals surface area (Å²) in [4.78, 5) is 13.5. The van der Waals surface area contributed by atoms with Gasteiger partial charge < -0.3 is 9.88 Å². The second kappa shape index (κ2) is 9.39. The van der Waals surface area contributed by atoms with E-state index in [1.165, 1.54) is 35.0 Å². The van der Waals surface area contributed by atoms with Crippen molar-refractivity contribution in [1.82, 2.24) is 20.1 Å². The van der Waals surface area contributed by atoms with Crippen LogP contribution in [0.2, 0.25) is 0 Å². The van der Waals surface area contributed by atoms with Crippen LogP contribution in [0.15, 0.2) is 53.0 Å². The number of carbonyl (C=O) groups is 1. The van der Waals surface area contributed by atoms with Crippen LogP contribution in [0.4, 0.5) is 0 Å². The smallest absolute Gasteiger partial charge is 0.230 e. The molecular weight excluding hydrogens is 388 g/mol. The van der Waals surface area contributed by atoms with Gasteiger partial charge >= 0.3 is 0 Å². The van der Waals surface area contributed by atoms with E-state index in [4.69, 9.17) is 0 Å². The summed E-state index contributed by atoms with van der Waals surface area (Å²) in [5.74, 6) is 1.45. The summed E-state index contributed by atoms with van der Waals surface area (Å²) in [5, 5.41) is 14.7. The van der Waals surface area contributed by atoms with Gasteiger partial charge in [-0.2, -0.15) is 0 Å². The van der Waals surface area contributed by atoms with Crippen LogP contribution in [0.25, 0.3) is 0 Å². The van der Waals surface area contributed by atoms with Crippen molar-refractivity contribution in [2.45, 2.75) is 43.3 Å². The Kier molecular flexibility index (Phi) is 6.44. The van der Waals surface area contributed by atoms with Gasteiger partial charge in [0.25, 0.3) is 0 Å². The van der Waals surface area contributed by atoms with Crippen molar-refractivity contribution in [3.63, 3.8) is 0 Å². The monoisotopic (exact) mass is 412 g/mol. The van der Waals surface area contributed by atoms with Gasteiger partial charge in [0.05, 0.1) is 5.75 Å². The average molecular weight is 413 g/mol. The highest BCUT2D eigenvalue weighted by Gasteiger charge is 2.29. The Morgan fingerprint density at radius 1 is 1.18 bits per heavy atom. The summed E-state index contributed by atoms with van der Waals surface area (Å²) in [6.45, 7) is 0.702. The lowest BCUT2D eigenvalue weighted by atomic mass is 10.1. The third kappa shape index (κ3) is 5.23. The number of thioether (sulfide) groups is 1. The first-order valence-corrected chi connectivity index (χ1v) is 11.6. The average Bonchev–Trinajstić information content (AvgIpc) is 3.27. The van der Waals surface area contributed by atoms with E-state index in [9.17, 15) is 4.79 Å². The highest BCUT2D eigenvalue weighted by atomic mass is 32.2. The van der Waals surface area contributed by atoms with Gasteiger partial charge in [0.2, 0.25) is 5.91 Å². The van der Waals surface area contributed by atoms with Crippen LogP contribution in [-0.4, -0.2) is 33.0 Å². The predicted octanol–water partition coefficient (Wildman–Crippen LogP) is 4.11. The Morgan fingerprint density at radius 3 is 2.79 bits per heavy atom. The van der Waals surface area contributed by atoms with Crippen molar-refractivity contribution < 1.29 is 4.79 Å². The molecule has 146 valence electrons. The molecule has 5 nitrogen and oxygen atoms in total. The number of aromatic nitrogens is 3. The van der Waals surface area contributed by atoms with Gasteiger partial charge in [-0.3, -0.25) is 4.79 Å². The molecule has 0 unspecified atom stereocenters. The van der Waals surface area contributed by atoms with Crippen LogP contribution in [0.1, 0.15) is 41.6 Å². The van der Waals surface area contributed by atoms with E-state index in [0.717, 1.165) is 30.2 Å². The van der Waals surface area contributed by atoms with Crippen molar-refractivity contribution in [3.05, 3.63) is 64.1 Å². The predicted molar refractivity (Wildman–Crippen MR) is 114 cm³/mol. The first kappa shape index (κ1) is 19.2. The zero-order chi connectivity index (χ0) is 19.2. The van der Waals surface area contributed by atoms with Crippen LogP contribution in [0, 0.1) is 0 Å². The molecule has 2 heterocycles. The van der Waals surface area contributed by atoms with Gasteiger partial charge in [-0.1, -0.05) is 48.2 Å².